The van der Waals surface area contributed by atoms with Crippen molar-refractivity contribution in [3.63, 3.8) is 0 Å². The topological polar surface area (TPSA) is 110 Å². The molecule has 0 saturated heterocycles. The Morgan fingerprint density at radius 2 is 0.932 bits per heavy atom. The van der Waals surface area contributed by atoms with Gasteiger partial charge in [-0.2, -0.15) is 0 Å². The number of aliphatic hydroxyl groups is 4. The number of amides is 1. The normalized spacial score (nSPS) is 14.6. The van der Waals surface area contributed by atoms with Crippen molar-refractivity contribution in [3.8, 4) is 0 Å². The Labute approximate surface area is 272 Å². The van der Waals surface area contributed by atoms with E-state index in [2.05, 4.69) is 31.3 Å². The van der Waals surface area contributed by atoms with Gasteiger partial charge in [0.05, 0.1) is 18.8 Å². The molecule has 0 aromatic carbocycles. The molecule has 4 atom stereocenters. The molecule has 0 aliphatic rings. The first-order valence-corrected chi connectivity index (χ1v) is 19.1. The number of hydrogen-bond acceptors (Lipinski definition) is 5. The number of rotatable bonds is 34. The molecule has 0 saturated carbocycles. The zero-order chi connectivity index (χ0) is 32.5. The van der Waals surface area contributed by atoms with Crippen molar-refractivity contribution in [1.82, 2.24) is 5.32 Å². The predicted octanol–water partition coefficient (Wildman–Crippen LogP) is 9.07. The van der Waals surface area contributed by atoms with Crippen LogP contribution in [0.3, 0.4) is 0 Å². The van der Waals surface area contributed by atoms with Crippen LogP contribution in [0.15, 0.2) is 12.2 Å². The van der Waals surface area contributed by atoms with Gasteiger partial charge >= 0.3 is 0 Å². The minimum atomic E-state index is -1.27. The monoisotopic (exact) mass is 626 g/mol. The molecule has 0 aliphatic heterocycles. The van der Waals surface area contributed by atoms with Crippen molar-refractivity contribution in [2.75, 3.05) is 6.61 Å². The average Bonchev–Trinajstić information content (AvgIpc) is 3.03. The van der Waals surface area contributed by atoms with Gasteiger partial charge in [-0.05, 0) is 38.5 Å². The fraction of sp³-hybridized carbons (Fsp3) is 0.921. The molecule has 0 spiro atoms. The van der Waals surface area contributed by atoms with Gasteiger partial charge in [-0.25, -0.2) is 0 Å². The lowest BCUT2D eigenvalue weighted by Gasteiger charge is -2.27. The molecule has 0 heterocycles. The van der Waals surface area contributed by atoms with E-state index in [4.69, 9.17) is 0 Å². The van der Waals surface area contributed by atoms with Crippen LogP contribution in [0.1, 0.15) is 194 Å². The maximum absolute atomic E-state index is 12.4. The van der Waals surface area contributed by atoms with E-state index < -0.39 is 36.9 Å². The highest BCUT2D eigenvalue weighted by Crippen LogP contribution is 2.15. The minimum Gasteiger partial charge on any atom is -0.394 e. The molecule has 44 heavy (non-hydrogen) atoms. The Balaban J connectivity index is 3.81. The van der Waals surface area contributed by atoms with Gasteiger partial charge in [-0.3, -0.25) is 4.79 Å². The largest absolute Gasteiger partial charge is 0.394 e. The number of unbranched alkanes of at least 4 members (excludes halogenated alkanes) is 23. The van der Waals surface area contributed by atoms with E-state index in [9.17, 15) is 25.2 Å². The summed E-state index contributed by atoms with van der Waals surface area (Å²) in [5, 5.41) is 43.4. The average molecular weight is 626 g/mol. The molecular formula is C38H75NO5. The third-order valence-corrected chi connectivity index (χ3v) is 8.98. The Morgan fingerprint density at radius 1 is 0.545 bits per heavy atom. The first-order valence-electron chi connectivity index (χ1n) is 19.1. The van der Waals surface area contributed by atoms with E-state index in [1.54, 1.807) is 0 Å². The van der Waals surface area contributed by atoms with Crippen LogP contribution in [-0.2, 0) is 4.79 Å². The highest BCUT2D eigenvalue weighted by molar-refractivity contribution is 5.80. The highest BCUT2D eigenvalue weighted by atomic mass is 16.3. The SMILES string of the molecule is CCCCCCCCCC=CCCCC(O)C(O)C(CO)NC(=O)C(O)CCCCCCCCCCCCCCCCCC. The van der Waals surface area contributed by atoms with E-state index in [0.717, 1.165) is 38.5 Å². The smallest absolute Gasteiger partial charge is 0.249 e. The van der Waals surface area contributed by atoms with Crippen molar-refractivity contribution >= 4 is 5.91 Å². The number of hydrogen-bond donors (Lipinski definition) is 5. The molecule has 262 valence electrons. The molecule has 5 N–H and O–H groups in total. The lowest BCUT2D eigenvalue weighted by Crippen LogP contribution is -2.53. The second kappa shape index (κ2) is 33.4. The van der Waals surface area contributed by atoms with Gasteiger partial charge in [0.2, 0.25) is 5.91 Å². The van der Waals surface area contributed by atoms with Gasteiger partial charge in [0.15, 0.2) is 0 Å². The number of aliphatic hydroxyl groups excluding tert-OH is 4. The van der Waals surface area contributed by atoms with Crippen LogP contribution in [0.25, 0.3) is 0 Å². The maximum atomic E-state index is 12.4. The lowest BCUT2D eigenvalue weighted by atomic mass is 10.00. The third-order valence-electron chi connectivity index (χ3n) is 8.98. The van der Waals surface area contributed by atoms with Crippen LogP contribution in [0.4, 0.5) is 0 Å². The van der Waals surface area contributed by atoms with Gasteiger partial charge in [0.1, 0.15) is 12.2 Å². The Morgan fingerprint density at radius 3 is 1.36 bits per heavy atom. The van der Waals surface area contributed by atoms with Gasteiger partial charge < -0.3 is 25.7 Å². The molecular weight excluding hydrogens is 550 g/mol. The molecule has 0 aliphatic carbocycles. The summed E-state index contributed by atoms with van der Waals surface area (Å²) in [5.74, 6) is -0.593. The van der Waals surface area contributed by atoms with Crippen molar-refractivity contribution in [2.45, 2.75) is 218 Å². The van der Waals surface area contributed by atoms with Crippen LogP contribution in [0.5, 0.6) is 0 Å². The third kappa shape index (κ3) is 27.4. The molecule has 0 bridgehead atoms. The number of allylic oxidation sites excluding steroid dienone is 2. The summed E-state index contributed by atoms with van der Waals surface area (Å²) in [4.78, 5) is 12.4. The molecule has 0 radical (unpaired) electrons. The summed E-state index contributed by atoms with van der Waals surface area (Å²) >= 11 is 0. The summed E-state index contributed by atoms with van der Waals surface area (Å²) in [5.41, 5.74) is 0. The van der Waals surface area contributed by atoms with Crippen molar-refractivity contribution in [3.05, 3.63) is 12.2 Å². The molecule has 0 rings (SSSR count). The maximum Gasteiger partial charge on any atom is 0.249 e. The van der Waals surface area contributed by atoms with E-state index >= 15 is 0 Å². The number of carbonyl (C=O) groups excluding carboxylic acids is 1. The van der Waals surface area contributed by atoms with Crippen LogP contribution >= 0.6 is 0 Å². The molecule has 0 aromatic heterocycles. The van der Waals surface area contributed by atoms with Gasteiger partial charge in [0, 0.05) is 0 Å². The molecule has 6 nitrogen and oxygen atoms in total. The molecule has 1 amide bonds. The van der Waals surface area contributed by atoms with Crippen molar-refractivity contribution < 1.29 is 25.2 Å². The molecule has 6 heteroatoms. The summed E-state index contributed by atoms with van der Waals surface area (Å²) in [6.07, 6.45) is 33.8. The second-order valence-corrected chi connectivity index (χ2v) is 13.3. The van der Waals surface area contributed by atoms with Crippen LogP contribution in [0, 0.1) is 0 Å². The van der Waals surface area contributed by atoms with E-state index in [1.165, 1.54) is 128 Å². The predicted molar refractivity (Wildman–Crippen MR) is 187 cm³/mol. The zero-order valence-electron chi connectivity index (χ0n) is 29.2. The molecule has 4 unspecified atom stereocenters. The van der Waals surface area contributed by atoms with Gasteiger partial charge in [-0.15, -0.1) is 0 Å². The Kier molecular flexibility index (Phi) is 32.7. The molecule has 0 fully saturated rings. The highest BCUT2D eigenvalue weighted by Gasteiger charge is 2.28. The second-order valence-electron chi connectivity index (χ2n) is 13.3. The zero-order valence-corrected chi connectivity index (χ0v) is 29.2. The lowest BCUT2D eigenvalue weighted by molar-refractivity contribution is -0.132. The van der Waals surface area contributed by atoms with E-state index in [-0.39, 0.29) is 0 Å². The summed E-state index contributed by atoms with van der Waals surface area (Å²) in [6, 6.07) is -0.995. The Hall–Kier alpha value is -0.950. The summed E-state index contributed by atoms with van der Waals surface area (Å²) in [6.45, 7) is 4.01. The summed E-state index contributed by atoms with van der Waals surface area (Å²) < 4.78 is 0. The summed E-state index contributed by atoms with van der Waals surface area (Å²) in [7, 11) is 0. The fourth-order valence-corrected chi connectivity index (χ4v) is 5.87. The number of nitrogens with one attached hydrogen (secondary N) is 1. The first-order chi connectivity index (χ1) is 21.5. The quantitative estimate of drug-likeness (QED) is 0.0362. The van der Waals surface area contributed by atoms with Crippen molar-refractivity contribution in [2.24, 2.45) is 0 Å². The minimum absolute atomic E-state index is 0.367. The Bertz CT molecular complexity index is 628. The standard InChI is InChI=1S/C38H75NO5/c1-3-5-7-9-11-13-15-17-18-19-20-22-24-26-28-30-32-36(42)38(44)39-34(33-40)37(43)35(41)31-29-27-25-23-21-16-14-12-10-8-6-4-2/h23,25,34-37,40-43H,3-22,24,26-33H2,1-2H3,(H,39,44). The van der Waals surface area contributed by atoms with Crippen LogP contribution in [-0.4, -0.2) is 57.3 Å². The van der Waals surface area contributed by atoms with Gasteiger partial charge in [-0.1, -0.05) is 167 Å². The van der Waals surface area contributed by atoms with Gasteiger partial charge in [0.25, 0.3) is 0 Å². The van der Waals surface area contributed by atoms with Crippen LogP contribution < -0.4 is 5.32 Å². The van der Waals surface area contributed by atoms with E-state index in [0.29, 0.717) is 12.8 Å². The van der Waals surface area contributed by atoms with Crippen molar-refractivity contribution in [1.29, 1.82) is 0 Å². The van der Waals surface area contributed by atoms with E-state index in [1.807, 2.05) is 0 Å². The first kappa shape index (κ1) is 43.0. The molecule has 0 aromatic rings. The van der Waals surface area contributed by atoms with Crippen LogP contribution in [0.2, 0.25) is 0 Å². The fourth-order valence-electron chi connectivity index (χ4n) is 5.87. The number of carbonyl (C=O) groups is 1.